The summed E-state index contributed by atoms with van der Waals surface area (Å²) in [4.78, 5) is 0. The van der Waals surface area contributed by atoms with Crippen LogP contribution in [0.2, 0.25) is 0 Å². The fourth-order valence-electron chi connectivity index (χ4n) is 5.17. The molecule has 0 atom stereocenters. The van der Waals surface area contributed by atoms with Crippen molar-refractivity contribution in [2.24, 2.45) is 23.7 Å². The van der Waals surface area contributed by atoms with Gasteiger partial charge in [-0.3, -0.25) is 0 Å². The van der Waals surface area contributed by atoms with Crippen LogP contribution in [-0.4, -0.2) is 5.11 Å². The van der Waals surface area contributed by atoms with Crippen LogP contribution in [0.4, 0.5) is 0 Å². The maximum atomic E-state index is 9.41. The molecule has 5 rings (SSSR count). The van der Waals surface area contributed by atoms with Crippen LogP contribution in [0.15, 0.2) is 24.3 Å². The Morgan fingerprint density at radius 3 is 1.82 bits per heavy atom. The molecule has 0 radical (unpaired) electrons. The molecule has 4 aliphatic carbocycles. The van der Waals surface area contributed by atoms with Gasteiger partial charge in [-0.25, -0.2) is 0 Å². The summed E-state index contributed by atoms with van der Waals surface area (Å²) in [7, 11) is 0. The Morgan fingerprint density at radius 2 is 1.29 bits per heavy atom. The van der Waals surface area contributed by atoms with Crippen LogP contribution >= 0.6 is 0 Å². The summed E-state index contributed by atoms with van der Waals surface area (Å²) in [5, 5.41) is 9.41. The van der Waals surface area contributed by atoms with E-state index in [-0.39, 0.29) is 0 Å². The van der Waals surface area contributed by atoms with E-state index < -0.39 is 0 Å². The third-order valence-corrected chi connectivity index (χ3v) is 5.50. The molecule has 0 saturated heterocycles. The molecule has 0 unspecified atom stereocenters. The second kappa shape index (κ2) is 3.51. The van der Waals surface area contributed by atoms with Crippen molar-refractivity contribution in [2.45, 2.75) is 38.0 Å². The number of aromatic hydroxyl groups is 1. The molecule has 1 heteroatoms. The largest absolute Gasteiger partial charge is 0.508 e. The molecule has 0 aliphatic heterocycles. The molecule has 0 heterocycles. The van der Waals surface area contributed by atoms with Crippen molar-refractivity contribution in [3.63, 3.8) is 0 Å². The Labute approximate surface area is 103 Å². The third-order valence-electron chi connectivity index (χ3n) is 5.50. The average molecular weight is 228 g/mol. The van der Waals surface area contributed by atoms with Gasteiger partial charge in [0.1, 0.15) is 5.75 Å². The lowest BCUT2D eigenvalue weighted by Crippen LogP contribution is -2.43. The normalized spacial score (nSPS) is 42.9. The molecule has 0 aromatic heterocycles. The topological polar surface area (TPSA) is 20.2 Å². The highest BCUT2D eigenvalue weighted by Gasteiger charge is 2.48. The maximum Gasteiger partial charge on any atom is 0.115 e. The Kier molecular flexibility index (Phi) is 2.06. The molecule has 1 N–H and O–H groups in total. The van der Waals surface area contributed by atoms with Gasteiger partial charge in [0.05, 0.1) is 0 Å². The zero-order chi connectivity index (χ0) is 11.4. The van der Waals surface area contributed by atoms with Gasteiger partial charge in [-0.2, -0.15) is 0 Å². The van der Waals surface area contributed by atoms with Crippen LogP contribution in [0.1, 0.15) is 43.6 Å². The molecule has 0 amide bonds. The van der Waals surface area contributed by atoms with Gasteiger partial charge in [-0.1, -0.05) is 12.1 Å². The molecule has 17 heavy (non-hydrogen) atoms. The van der Waals surface area contributed by atoms with Gasteiger partial charge in [0.25, 0.3) is 0 Å². The van der Waals surface area contributed by atoms with E-state index in [4.69, 9.17) is 0 Å². The number of hydrogen-bond donors (Lipinski definition) is 1. The predicted octanol–water partition coefficient (Wildman–Crippen LogP) is 3.93. The minimum Gasteiger partial charge on any atom is -0.508 e. The van der Waals surface area contributed by atoms with Crippen molar-refractivity contribution < 1.29 is 5.11 Å². The highest BCUT2D eigenvalue weighted by molar-refractivity contribution is 5.30. The quantitative estimate of drug-likeness (QED) is 0.772. The van der Waals surface area contributed by atoms with Crippen LogP contribution < -0.4 is 0 Å². The fraction of sp³-hybridized carbons (Fsp3) is 0.625. The lowest BCUT2D eigenvalue weighted by atomic mass is 9.51. The Hall–Kier alpha value is -0.980. The molecular weight excluding hydrogens is 208 g/mol. The standard InChI is InChI=1S/C16H20O/c17-15-3-1-12(2-4-15)16-13-6-10-5-11(8-13)9-14(16)7-10/h1-4,10-11,13-14,16-17H,5-9H2. The zero-order valence-electron chi connectivity index (χ0n) is 10.2. The SMILES string of the molecule is Oc1ccc(C2C3CC4CC(C3)CC2C4)cc1. The molecule has 4 aliphatic rings. The summed E-state index contributed by atoms with van der Waals surface area (Å²) < 4.78 is 0. The lowest BCUT2D eigenvalue weighted by molar-refractivity contribution is -0.00279. The van der Waals surface area contributed by atoms with Crippen molar-refractivity contribution in [2.75, 3.05) is 0 Å². The number of hydrogen-bond acceptors (Lipinski definition) is 1. The smallest absolute Gasteiger partial charge is 0.115 e. The van der Waals surface area contributed by atoms with E-state index in [1.54, 1.807) is 0 Å². The van der Waals surface area contributed by atoms with Crippen LogP contribution in [0.3, 0.4) is 0 Å². The minimum absolute atomic E-state index is 0.401. The summed E-state index contributed by atoms with van der Waals surface area (Å²) in [5.74, 6) is 5.17. The van der Waals surface area contributed by atoms with E-state index in [1.165, 1.54) is 37.7 Å². The van der Waals surface area contributed by atoms with Gasteiger partial charge in [-0.05, 0) is 79.4 Å². The molecule has 0 spiro atoms. The van der Waals surface area contributed by atoms with Gasteiger partial charge in [0.15, 0.2) is 0 Å². The number of benzene rings is 1. The van der Waals surface area contributed by atoms with Gasteiger partial charge < -0.3 is 5.11 Å². The van der Waals surface area contributed by atoms with Crippen LogP contribution in [0.5, 0.6) is 5.75 Å². The Balaban J connectivity index is 1.68. The van der Waals surface area contributed by atoms with Crippen molar-refractivity contribution in [3.05, 3.63) is 29.8 Å². The van der Waals surface area contributed by atoms with Crippen molar-refractivity contribution in [1.82, 2.24) is 0 Å². The van der Waals surface area contributed by atoms with Crippen molar-refractivity contribution >= 4 is 0 Å². The van der Waals surface area contributed by atoms with E-state index in [0.29, 0.717) is 5.75 Å². The van der Waals surface area contributed by atoms with Crippen LogP contribution in [0, 0.1) is 23.7 Å². The van der Waals surface area contributed by atoms with Gasteiger partial charge in [0.2, 0.25) is 0 Å². The summed E-state index contributed by atoms with van der Waals surface area (Å²) >= 11 is 0. The Bertz CT molecular complexity index is 392. The first-order valence-corrected chi connectivity index (χ1v) is 7.08. The fourth-order valence-corrected chi connectivity index (χ4v) is 5.17. The zero-order valence-corrected chi connectivity index (χ0v) is 10.2. The Morgan fingerprint density at radius 1 is 0.765 bits per heavy atom. The van der Waals surface area contributed by atoms with Crippen LogP contribution in [-0.2, 0) is 0 Å². The first-order valence-electron chi connectivity index (χ1n) is 7.08. The minimum atomic E-state index is 0.401. The van der Waals surface area contributed by atoms with Crippen molar-refractivity contribution in [3.8, 4) is 5.75 Å². The van der Waals surface area contributed by atoms with E-state index >= 15 is 0 Å². The maximum absolute atomic E-state index is 9.41. The van der Waals surface area contributed by atoms with Crippen LogP contribution in [0.25, 0.3) is 0 Å². The molecule has 4 saturated carbocycles. The average Bonchev–Trinajstić information content (AvgIpc) is 2.30. The molecule has 4 bridgehead atoms. The molecule has 1 aromatic carbocycles. The highest BCUT2D eigenvalue weighted by atomic mass is 16.3. The molecule has 1 nitrogen and oxygen atoms in total. The first-order chi connectivity index (χ1) is 8.29. The van der Waals surface area contributed by atoms with Crippen molar-refractivity contribution in [1.29, 1.82) is 0 Å². The van der Waals surface area contributed by atoms with Gasteiger partial charge in [-0.15, -0.1) is 0 Å². The second-order valence-electron chi connectivity index (χ2n) is 6.55. The van der Waals surface area contributed by atoms with Gasteiger partial charge in [0, 0.05) is 0 Å². The van der Waals surface area contributed by atoms with E-state index in [2.05, 4.69) is 12.1 Å². The molecule has 90 valence electrons. The van der Waals surface area contributed by atoms with E-state index in [0.717, 1.165) is 29.6 Å². The molecular formula is C16H20O. The summed E-state index contributed by atoms with van der Waals surface area (Å²) in [5.41, 5.74) is 1.48. The predicted molar refractivity (Wildman–Crippen MR) is 67.9 cm³/mol. The number of phenolic OH excluding ortho intramolecular Hbond substituents is 1. The van der Waals surface area contributed by atoms with E-state index in [1.807, 2.05) is 12.1 Å². The van der Waals surface area contributed by atoms with Gasteiger partial charge >= 0.3 is 0 Å². The molecule has 1 aromatic rings. The first kappa shape index (κ1) is 9.99. The summed E-state index contributed by atoms with van der Waals surface area (Å²) in [6.45, 7) is 0. The summed E-state index contributed by atoms with van der Waals surface area (Å²) in [6, 6.07) is 8.03. The number of phenols is 1. The highest BCUT2D eigenvalue weighted by Crippen LogP contribution is 2.59. The molecule has 4 fully saturated rings. The lowest BCUT2D eigenvalue weighted by Gasteiger charge is -2.54. The monoisotopic (exact) mass is 228 g/mol. The second-order valence-corrected chi connectivity index (χ2v) is 6.55. The number of rotatable bonds is 1. The summed E-state index contributed by atoms with van der Waals surface area (Å²) in [6.07, 6.45) is 7.41. The third kappa shape index (κ3) is 1.51. The van der Waals surface area contributed by atoms with E-state index in [9.17, 15) is 5.11 Å².